The van der Waals surface area contributed by atoms with Crippen LogP contribution >= 0.6 is 0 Å². The third kappa shape index (κ3) is 13.3. The van der Waals surface area contributed by atoms with Crippen LogP contribution in [0.15, 0.2) is 0 Å². The molecule has 0 unspecified atom stereocenters. The third-order valence-electron chi connectivity index (χ3n) is 11.9. The van der Waals surface area contributed by atoms with Crippen LogP contribution in [0.1, 0.15) is 101 Å². The molecular formula is C40H76N4O11. The molecule has 2 aliphatic heterocycles. The highest BCUT2D eigenvalue weighted by atomic mass is 16.7. The first-order chi connectivity index (χ1) is 25.7. The van der Waals surface area contributed by atoms with E-state index in [0.717, 1.165) is 32.6 Å². The molecule has 15 nitrogen and oxygen atoms in total. The predicted octanol–water partition coefficient (Wildman–Crippen LogP) is 2.08. The Bertz CT molecular complexity index is 1190. The number of hydrogen-bond donors (Lipinski definition) is 5. The Balaban J connectivity index is 2.62. The number of nitrogens with one attached hydrogen (secondary N) is 2. The van der Waals surface area contributed by atoms with E-state index in [1.54, 1.807) is 41.5 Å². The molecule has 0 aromatic heterocycles. The third-order valence-corrected chi connectivity index (χ3v) is 11.9. The first kappa shape index (κ1) is 49.2. The smallest absolute Gasteiger partial charge is 0.312 e. The van der Waals surface area contributed by atoms with Gasteiger partial charge in [-0.1, -0.05) is 34.6 Å². The average molecular weight is 789 g/mol. The van der Waals surface area contributed by atoms with Crippen LogP contribution < -0.4 is 10.6 Å². The van der Waals surface area contributed by atoms with Crippen LogP contribution in [-0.4, -0.2) is 163 Å². The summed E-state index contributed by atoms with van der Waals surface area (Å²) in [7, 11) is 5.24. The number of carbonyl (C=O) groups excluding carboxylic acids is 3. The number of likely N-dealkylation sites (N-methyl/N-ethyl adjacent to an activating group) is 1. The molecule has 14 atom stereocenters. The van der Waals surface area contributed by atoms with Crippen molar-refractivity contribution in [2.45, 2.75) is 168 Å². The van der Waals surface area contributed by atoms with Crippen LogP contribution in [0.3, 0.4) is 0 Å². The summed E-state index contributed by atoms with van der Waals surface area (Å²) in [4.78, 5) is 45.6. The summed E-state index contributed by atoms with van der Waals surface area (Å²) < 4.78 is 31.3. The lowest BCUT2D eigenvalue weighted by Crippen LogP contribution is -2.60. The lowest BCUT2D eigenvalue weighted by Gasteiger charge is -2.48. The minimum absolute atomic E-state index is 0.0311. The number of aliphatic hydroxyl groups excluding tert-OH is 2. The molecule has 2 rings (SSSR count). The van der Waals surface area contributed by atoms with E-state index in [4.69, 9.17) is 23.7 Å². The molecule has 1 amide bonds. The van der Waals surface area contributed by atoms with Crippen molar-refractivity contribution in [1.82, 2.24) is 20.4 Å². The van der Waals surface area contributed by atoms with Gasteiger partial charge < -0.3 is 59.4 Å². The van der Waals surface area contributed by atoms with E-state index in [0.29, 0.717) is 13.0 Å². The Morgan fingerprint density at radius 1 is 1.04 bits per heavy atom. The highest BCUT2D eigenvalue weighted by Crippen LogP contribution is 2.39. The normalized spacial score (nSPS) is 38.6. The molecule has 5 N–H and O–H groups in total. The number of ether oxygens (including phenoxy) is 5. The zero-order chi connectivity index (χ0) is 41.8. The van der Waals surface area contributed by atoms with Crippen molar-refractivity contribution in [3.8, 4) is 0 Å². The Labute approximate surface area is 330 Å². The van der Waals surface area contributed by atoms with Crippen molar-refractivity contribution in [2.24, 2.45) is 17.8 Å². The Kier molecular flexibility index (Phi) is 19.9. The summed E-state index contributed by atoms with van der Waals surface area (Å²) in [6.07, 6.45) is -5.55. The number of cyclic esters (lactones) is 1. The second-order valence-corrected chi connectivity index (χ2v) is 16.5. The van der Waals surface area contributed by atoms with E-state index in [-0.39, 0.29) is 31.4 Å². The lowest BCUT2D eigenvalue weighted by molar-refractivity contribution is -0.301. The zero-order valence-electron chi connectivity index (χ0n) is 36.0. The molecule has 0 aliphatic carbocycles. The minimum Gasteiger partial charge on any atom is -0.461 e. The molecule has 0 aromatic rings. The molecule has 322 valence electrons. The maximum Gasteiger partial charge on any atom is 0.312 e. The molecule has 0 bridgehead atoms. The second-order valence-electron chi connectivity index (χ2n) is 16.5. The maximum atomic E-state index is 14.1. The van der Waals surface area contributed by atoms with Crippen LogP contribution in [0.4, 0.5) is 0 Å². The summed E-state index contributed by atoms with van der Waals surface area (Å²) in [5.41, 5.74) is -3.22. The Morgan fingerprint density at radius 3 is 2.24 bits per heavy atom. The van der Waals surface area contributed by atoms with Crippen molar-refractivity contribution in [3.63, 3.8) is 0 Å². The molecule has 55 heavy (non-hydrogen) atoms. The first-order valence-electron chi connectivity index (χ1n) is 20.4. The quantitative estimate of drug-likeness (QED) is 0.120. The van der Waals surface area contributed by atoms with Gasteiger partial charge in [-0.3, -0.25) is 14.4 Å². The number of aliphatic hydroxyl groups is 3. The molecule has 0 aromatic carbocycles. The summed E-state index contributed by atoms with van der Waals surface area (Å²) in [6, 6.07) is -1.21. The monoisotopic (exact) mass is 789 g/mol. The topological polar surface area (TPSA) is 189 Å². The van der Waals surface area contributed by atoms with E-state index < -0.39 is 89.7 Å². The van der Waals surface area contributed by atoms with E-state index in [9.17, 15) is 29.7 Å². The number of hydrogen-bond acceptors (Lipinski definition) is 14. The van der Waals surface area contributed by atoms with Gasteiger partial charge in [0.15, 0.2) is 6.29 Å². The van der Waals surface area contributed by atoms with Gasteiger partial charge in [0.25, 0.3) is 0 Å². The Morgan fingerprint density at radius 2 is 1.67 bits per heavy atom. The van der Waals surface area contributed by atoms with Gasteiger partial charge in [-0.05, 0) is 101 Å². The van der Waals surface area contributed by atoms with Crippen molar-refractivity contribution in [3.05, 3.63) is 0 Å². The average Bonchev–Trinajstić information content (AvgIpc) is 3.13. The fourth-order valence-electron chi connectivity index (χ4n) is 8.11. The summed E-state index contributed by atoms with van der Waals surface area (Å²) >= 11 is 0. The van der Waals surface area contributed by atoms with Gasteiger partial charge in [-0.25, -0.2) is 0 Å². The SMILES string of the molecule is CC[C@H]1OC(=O)[C@H](C)[C@@H](OC(=O)CCNCCCN(CC)CC)[C@H](C)[C@@H](O[C@@H]2O[C@H](C)C[C@H](N(C)C)[C@H]2O)[C@](C)(OC)C[C@@H](C)C(=O)N[C@H](C)[C@@H](O)[C@]1(C)O. The molecule has 15 heteroatoms. The highest BCUT2D eigenvalue weighted by molar-refractivity contribution is 5.79. The van der Waals surface area contributed by atoms with Gasteiger partial charge >= 0.3 is 11.9 Å². The van der Waals surface area contributed by atoms with Gasteiger partial charge in [0.1, 0.15) is 30.0 Å². The number of carbonyl (C=O) groups is 3. The van der Waals surface area contributed by atoms with Crippen molar-refractivity contribution >= 4 is 17.8 Å². The largest absolute Gasteiger partial charge is 0.461 e. The Hall–Kier alpha value is -1.95. The minimum atomic E-state index is -1.95. The van der Waals surface area contributed by atoms with Crippen molar-refractivity contribution in [2.75, 3.05) is 53.9 Å². The molecule has 0 spiro atoms. The van der Waals surface area contributed by atoms with Gasteiger partial charge in [-0.15, -0.1) is 0 Å². The summed E-state index contributed by atoms with van der Waals surface area (Å²) in [5.74, 6) is -4.30. The van der Waals surface area contributed by atoms with Crippen molar-refractivity contribution in [1.29, 1.82) is 0 Å². The predicted molar refractivity (Wildman–Crippen MR) is 209 cm³/mol. The van der Waals surface area contributed by atoms with Crippen molar-refractivity contribution < 1.29 is 53.4 Å². The molecule has 2 fully saturated rings. The second kappa shape index (κ2) is 22.3. The van der Waals surface area contributed by atoms with E-state index in [2.05, 4.69) is 29.4 Å². The van der Waals surface area contributed by atoms with Gasteiger partial charge in [0, 0.05) is 31.5 Å². The summed E-state index contributed by atoms with van der Waals surface area (Å²) in [5, 5.41) is 40.5. The first-order valence-corrected chi connectivity index (χ1v) is 20.4. The zero-order valence-corrected chi connectivity index (χ0v) is 36.0. The molecular weight excluding hydrogens is 712 g/mol. The number of methoxy groups -OCH3 is 1. The summed E-state index contributed by atoms with van der Waals surface area (Å²) in [6.45, 7) is 21.6. The fraction of sp³-hybridized carbons (Fsp3) is 0.925. The number of rotatable bonds is 15. The fourth-order valence-corrected chi connectivity index (χ4v) is 8.11. The van der Waals surface area contributed by atoms with Crippen LogP contribution in [0.25, 0.3) is 0 Å². The van der Waals surface area contributed by atoms with Crippen LogP contribution in [0, 0.1) is 17.8 Å². The number of esters is 2. The highest BCUT2D eigenvalue weighted by Gasteiger charge is 2.52. The molecule has 0 saturated carbocycles. The number of nitrogens with zero attached hydrogens (tertiary/aromatic N) is 2. The van der Waals surface area contributed by atoms with Gasteiger partial charge in [-0.2, -0.15) is 0 Å². The van der Waals surface area contributed by atoms with E-state index in [1.807, 2.05) is 25.9 Å². The van der Waals surface area contributed by atoms with Gasteiger partial charge in [0.05, 0.1) is 36.2 Å². The van der Waals surface area contributed by atoms with Gasteiger partial charge in [0.2, 0.25) is 5.91 Å². The van der Waals surface area contributed by atoms with Crippen LogP contribution in [0.5, 0.6) is 0 Å². The maximum absolute atomic E-state index is 14.1. The standard InChI is InChI=1S/C40H76N4O11/c1-14-30-40(10,50)34(47)28(8)42-36(48)24(4)23-39(9,51-13)35(55-38-32(46)29(43(11)12)22-25(5)52-38)26(6)33(27(7)37(49)53-30)54-31(45)18-20-41-19-17-21-44(15-2)16-3/h24-30,32-35,38,41,46-47,50H,14-23H2,1-13H3,(H,42,48)/t24-,25-,26+,27-,28-,29+,30-,32-,33+,34-,35-,38+,39-,40-/m1/s1. The van der Waals surface area contributed by atoms with E-state index in [1.165, 1.54) is 14.0 Å². The molecule has 2 heterocycles. The molecule has 0 radical (unpaired) electrons. The number of amides is 1. The van der Waals surface area contributed by atoms with Crippen LogP contribution in [-0.2, 0) is 38.1 Å². The lowest BCUT2D eigenvalue weighted by atomic mass is 9.77. The van der Waals surface area contributed by atoms with Crippen LogP contribution in [0.2, 0.25) is 0 Å². The molecule has 2 saturated heterocycles. The van der Waals surface area contributed by atoms with E-state index >= 15 is 0 Å². The molecule has 2 aliphatic rings.